The molecule has 0 aliphatic carbocycles. The molecular formula is C11H15Cl2FN2O2S. The Balaban J connectivity index is 0.00000180. The zero-order chi connectivity index (χ0) is 13.3. The molecule has 0 saturated carbocycles. The first-order valence-electron chi connectivity index (χ1n) is 5.62. The molecule has 1 saturated heterocycles. The molecule has 4 nitrogen and oxygen atoms in total. The number of nitrogens with zero attached hydrogens (tertiary/aromatic N) is 1. The van der Waals surface area contributed by atoms with E-state index in [9.17, 15) is 12.8 Å². The van der Waals surface area contributed by atoms with E-state index in [0.717, 1.165) is 12.5 Å². The van der Waals surface area contributed by atoms with Crippen LogP contribution in [0.3, 0.4) is 0 Å². The van der Waals surface area contributed by atoms with Gasteiger partial charge in [0.25, 0.3) is 0 Å². The maximum atomic E-state index is 13.7. The highest BCUT2D eigenvalue weighted by molar-refractivity contribution is 7.89. The lowest BCUT2D eigenvalue weighted by Crippen LogP contribution is -2.45. The third-order valence-electron chi connectivity index (χ3n) is 2.93. The number of nitrogens with two attached hydrogens (primary N) is 1. The van der Waals surface area contributed by atoms with E-state index in [2.05, 4.69) is 0 Å². The van der Waals surface area contributed by atoms with Gasteiger partial charge in [-0.25, -0.2) is 12.8 Å². The van der Waals surface area contributed by atoms with Gasteiger partial charge in [-0.2, -0.15) is 4.31 Å². The van der Waals surface area contributed by atoms with Gasteiger partial charge in [0.05, 0.1) is 0 Å². The van der Waals surface area contributed by atoms with Crippen molar-refractivity contribution in [3.8, 4) is 0 Å². The van der Waals surface area contributed by atoms with E-state index >= 15 is 0 Å². The summed E-state index contributed by atoms with van der Waals surface area (Å²) in [5.74, 6) is -0.832. The lowest BCUT2D eigenvalue weighted by atomic mass is 10.1. The van der Waals surface area contributed by atoms with Crippen LogP contribution in [0.25, 0.3) is 0 Å². The van der Waals surface area contributed by atoms with Crippen molar-refractivity contribution in [2.24, 2.45) is 5.73 Å². The average Bonchev–Trinajstić information content (AvgIpc) is 2.28. The molecular weight excluding hydrogens is 314 g/mol. The first kappa shape index (κ1) is 16.7. The van der Waals surface area contributed by atoms with E-state index in [1.54, 1.807) is 0 Å². The summed E-state index contributed by atoms with van der Waals surface area (Å²) in [6.07, 6.45) is 1.48. The van der Waals surface area contributed by atoms with Crippen molar-refractivity contribution < 1.29 is 12.8 Å². The minimum atomic E-state index is -3.82. The van der Waals surface area contributed by atoms with Crippen molar-refractivity contribution in [1.29, 1.82) is 0 Å². The molecule has 0 aromatic heterocycles. The van der Waals surface area contributed by atoms with Crippen molar-refractivity contribution in [2.75, 3.05) is 13.1 Å². The van der Waals surface area contributed by atoms with E-state index < -0.39 is 15.8 Å². The highest BCUT2D eigenvalue weighted by atomic mass is 35.5. The molecule has 1 aromatic carbocycles. The first-order valence-corrected chi connectivity index (χ1v) is 7.44. The van der Waals surface area contributed by atoms with Gasteiger partial charge in [-0.3, -0.25) is 0 Å². The van der Waals surface area contributed by atoms with Crippen LogP contribution < -0.4 is 5.73 Å². The molecule has 0 radical (unpaired) electrons. The van der Waals surface area contributed by atoms with Crippen molar-refractivity contribution in [3.05, 3.63) is 29.0 Å². The Morgan fingerprint density at radius 1 is 1.42 bits per heavy atom. The highest BCUT2D eigenvalue weighted by Crippen LogP contribution is 2.24. The third-order valence-corrected chi connectivity index (χ3v) is 5.07. The summed E-state index contributed by atoms with van der Waals surface area (Å²) in [5.41, 5.74) is 5.74. The normalized spacial score (nSPS) is 20.9. The van der Waals surface area contributed by atoms with E-state index in [0.29, 0.717) is 13.0 Å². The van der Waals surface area contributed by atoms with Crippen molar-refractivity contribution in [1.82, 2.24) is 4.31 Å². The van der Waals surface area contributed by atoms with E-state index in [1.165, 1.54) is 16.4 Å². The topological polar surface area (TPSA) is 63.4 Å². The molecule has 1 atom stereocenters. The molecule has 0 unspecified atom stereocenters. The van der Waals surface area contributed by atoms with Crippen LogP contribution in [0.1, 0.15) is 12.8 Å². The van der Waals surface area contributed by atoms with Gasteiger partial charge in [-0.1, -0.05) is 11.6 Å². The van der Waals surface area contributed by atoms with Crippen LogP contribution in [0.2, 0.25) is 5.02 Å². The minimum Gasteiger partial charge on any atom is -0.327 e. The lowest BCUT2D eigenvalue weighted by molar-refractivity contribution is 0.315. The molecule has 8 heteroatoms. The molecule has 1 aliphatic heterocycles. The van der Waals surface area contributed by atoms with Gasteiger partial charge in [0, 0.05) is 24.2 Å². The van der Waals surface area contributed by atoms with Gasteiger partial charge >= 0.3 is 0 Å². The predicted molar refractivity (Wildman–Crippen MR) is 74.6 cm³/mol. The van der Waals surface area contributed by atoms with Gasteiger partial charge < -0.3 is 5.73 Å². The van der Waals surface area contributed by atoms with E-state index in [-0.39, 0.29) is 34.9 Å². The van der Waals surface area contributed by atoms with E-state index in [4.69, 9.17) is 17.3 Å². The molecule has 1 fully saturated rings. The fraction of sp³-hybridized carbons (Fsp3) is 0.455. The Bertz CT molecular complexity index is 554. The number of benzene rings is 1. The molecule has 1 aromatic rings. The van der Waals surface area contributed by atoms with Gasteiger partial charge in [0.1, 0.15) is 10.7 Å². The summed E-state index contributed by atoms with van der Waals surface area (Å²) in [6.45, 7) is 0.600. The molecule has 1 aliphatic rings. The maximum Gasteiger partial charge on any atom is 0.246 e. The number of rotatable bonds is 2. The number of halogens is 3. The maximum absolute atomic E-state index is 13.7. The Hall–Kier alpha value is -0.400. The molecule has 2 rings (SSSR count). The van der Waals surface area contributed by atoms with Crippen molar-refractivity contribution in [3.63, 3.8) is 0 Å². The van der Waals surface area contributed by atoms with Crippen LogP contribution in [-0.4, -0.2) is 31.9 Å². The monoisotopic (exact) mass is 328 g/mol. The Kier molecular flexibility index (Phi) is 5.58. The number of hydrogen-bond acceptors (Lipinski definition) is 3. The van der Waals surface area contributed by atoms with E-state index in [1.807, 2.05) is 0 Å². The van der Waals surface area contributed by atoms with Gasteiger partial charge in [-0.05, 0) is 31.0 Å². The summed E-state index contributed by atoms with van der Waals surface area (Å²) >= 11 is 5.61. The standard InChI is InChI=1S/C11H14ClFN2O2S.ClH/c12-8-3-4-11(10(13)6-8)18(16,17)15-5-1-2-9(14)7-15;/h3-4,6,9H,1-2,5,7,14H2;1H/t9-;/m1./s1. The fourth-order valence-corrected chi connectivity index (χ4v) is 3.76. The van der Waals surface area contributed by atoms with Crippen LogP contribution >= 0.6 is 24.0 Å². The molecule has 19 heavy (non-hydrogen) atoms. The Labute approximate surface area is 123 Å². The Morgan fingerprint density at radius 2 is 2.11 bits per heavy atom. The molecule has 1 heterocycles. The number of hydrogen-bond donors (Lipinski definition) is 1. The predicted octanol–water partition coefficient (Wildman–Crippen LogP) is 2.01. The van der Waals surface area contributed by atoms with Crippen molar-refractivity contribution in [2.45, 2.75) is 23.8 Å². The molecule has 2 N–H and O–H groups in total. The van der Waals surface area contributed by atoms with Gasteiger partial charge in [0.2, 0.25) is 10.0 Å². The fourth-order valence-electron chi connectivity index (χ4n) is 2.02. The summed E-state index contributed by atoms with van der Waals surface area (Å²) in [6, 6.07) is 3.36. The summed E-state index contributed by atoms with van der Waals surface area (Å²) < 4.78 is 39.4. The molecule has 0 bridgehead atoms. The van der Waals surface area contributed by atoms with Crippen LogP contribution in [-0.2, 0) is 10.0 Å². The van der Waals surface area contributed by atoms with Crippen LogP contribution in [0.5, 0.6) is 0 Å². The first-order chi connectivity index (χ1) is 8.41. The second kappa shape index (κ2) is 6.37. The third kappa shape index (κ3) is 3.58. The molecule has 0 spiro atoms. The molecule has 0 amide bonds. The quantitative estimate of drug-likeness (QED) is 0.903. The van der Waals surface area contributed by atoms with Gasteiger partial charge in [-0.15, -0.1) is 12.4 Å². The molecule has 108 valence electrons. The zero-order valence-corrected chi connectivity index (χ0v) is 12.4. The summed E-state index contributed by atoms with van der Waals surface area (Å²) in [7, 11) is -3.82. The summed E-state index contributed by atoms with van der Waals surface area (Å²) in [5, 5.41) is 0.168. The average molecular weight is 329 g/mol. The van der Waals surface area contributed by atoms with Gasteiger partial charge in [0.15, 0.2) is 0 Å². The highest BCUT2D eigenvalue weighted by Gasteiger charge is 2.30. The van der Waals surface area contributed by atoms with Crippen LogP contribution in [0.4, 0.5) is 4.39 Å². The largest absolute Gasteiger partial charge is 0.327 e. The minimum absolute atomic E-state index is 0. The van der Waals surface area contributed by atoms with Crippen LogP contribution in [0, 0.1) is 5.82 Å². The second-order valence-electron chi connectivity index (χ2n) is 4.34. The lowest BCUT2D eigenvalue weighted by Gasteiger charge is -2.29. The Morgan fingerprint density at radius 3 is 2.68 bits per heavy atom. The van der Waals surface area contributed by atoms with Crippen molar-refractivity contribution >= 4 is 34.0 Å². The number of sulfonamides is 1. The summed E-state index contributed by atoms with van der Waals surface area (Å²) in [4.78, 5) is -0.346. The second-order valence-corrected chi connectivity index (χ2v) is 6.68. The zero-order valence-electron chi connectivity index (χ0n) is 10.1. The SMILES string of the molecule is Cl.N[C@@H]1CCCN(S(=O)(=O)c2ccc(Cl)cc2F)C1. The number of piperidine rings is 1. The smallest absolute Gasteiger partial charge is 0.246 e. The van der Waals surface area contributed by atoms with Crippen LogP contribution in [0.15, 0.2) is 23.1 Å².